The molecule has 3 aliphatic carbocycles. The lowest BCUT2D eigenvalue weighted by Crippen LogP contribution is -2.58. The molecule has 6 atom stereocenters. The molecule has 1 heterocycles. The molecule has 0 spiro atoms. The Bertz CT molecular complexity index is 2040. The number of rotatable bonds is 5. The van der Waals surface area contributed by atoms with Crippen LogP contribution in [0.4, 0.5) is 4.39 Å². The third-order valence-corrected chi connectivity index (χ3v) is 11.0. The van der Waals surface area contributed by atoms with Gasteiger partial charge in [-0.3, -0.25) is 24.1 Å². The summed E-state index contributed by atoms with van der Waals surface area (Å²) in [6.07, 6.45) is 3.71. The minimum absolute atomic E-state index is 0.136. The number of aromatic hydroxyl groups is 1. The van der Waals surface area contributed by atoms with Crippen LogP contribution < -0.4 is 0 Å². The molecule has 4 aromatic carbocycles. The quantitative estimate of drug-likeness (QED) is 0.198. The summed E-state index contributed by atoms with van der Waals surface area (Å²) < 4.78 is 15.2. The minimum Gasteiger partial charge on any atom is -0.505 e. The molecule has 0 radical (unpaired) electrons. The molecule has 1 N–H and O–H groups in total. The molecule has 6 nitrogen and oxygen atoms in total. The number of phenols is 1. The van der Waals surface area contributed by atoms with Gasteiger partial charge in [0.1, 0.15) is 0 Å². The molecule has 0 aromatic heterocycles. The van der Waals surface area contributed by atoms with Crippen molar-refractivity contribution in [2.45, 2.75) is 30.7 Å². The fraction of sp³-hybridized carbons (Fsp3) is 0.220. The average Bonchev–Trinajstić information content (AvgIpc) is 3.36. The Morgan fingerprint density at radius 2 is 1.44 bits per heavy atom. The Kier molecular flexibility index (Phi) is 7.09. The van der Waals surface area contributed by atoms with E-state index in [2.05, 4.69) is 0 Å². The molecule has 4 aliphatic rings. The largest absolute Gasteiger partial charge is 0.505 e. The first-order valence-corrected chi connectivity index (χ1v) is 16.3. The molecule has 0 bridgehead atoms. The van der Waals surface area contributed by atoms with Gasteiger partial charge in [0.25, 0.3) is 0 Å². The lowest BCUT2D eigenvalue weighted by Gasteiger charge is -2.55. The van der Waals surface area contributed by atoms with Gasteiger partial charge in [-0.2, -0.15) is 0 Å². The number of allylic oxidation sites excluding steroid dienone is 4. The molecule has 238 valence electrons. The lowest BCUT2D eigenvalue weighted by molar-refractivity contribution is -0.141. The summed E-state index contributed by atoms with van der Waals surface area (Å²) in [7, 11) is 0. The summed E-state index contributed by atoms with van der Waals surface area (Å²) in [6, 6.07) is 31.6. The summed E-state index contributed by atoms with van der Waals surface area (Å²) in [6.45, 7) is 0.136. The Labute approximate surface area is 277 Å². The maximum absolute atomic E-state index is 15.2. The van der Waals surface area contributed by atoms with Crippen LogP contribution in [0.25, 0.3) is 5.57 Å². The van der Waals surface area contributed by atoms with Crippen molar-refractivity contribution in [1.82, 2.24) is 4.90 Å². The average molecular weight is 638 g/mol. The number of Topliss-reactive ketones (excluding diaryl/α,β-unsaturated/α-hetero) is 1. The number of para-hydroxylation sites is 1. The van der Waals surface area contributed by atoms with Gasteiger partial charge in [0.2, 0.25) is 11.8 Å². The number of phenolic OH excluding ortho intramolecular Hbond substituents is 1. The van der Waals surface area contributed by atoms with Crippen molar-refractivity contribution in [3.63, 3.8) is 0 Å². The number of hydrogen-bond acceptors (Lipinski definition) is 5. The van der Waals surface area contributed by atoms with Crippen LogP contribution in [0.3, 0.4) is 0 Å². The fourth-order valence-corrected chi connectivity index (χ4v) is 8.97. The van der Waals surface area contributed by atoms with Crippen molar-refractivity contribution < 1.29 is 28.7 Å². The van der Waals surface area contributed by atoms with Gasteiger partial charge in [-0.05, 0) is 47.6 Å². The Morgan fingerprint density at radius 3 is 2.15 bits per heavy atom. The van der Waals surface area contributed by atoms with E-state index in [1.807, 2.05) is 48.5 Å². The third-order valence-electron chi connectivity index (χ3n) is 11.0. The number of hydrogen-bond donors (Lipinski definition) is 1. The number of carbonyl (C=O) groups excluding carboxylic acids is 4. The van der Waals surface area contributed by atoms with Gasteiger partial charge in [-0.15, -0.1) is 0 Å². The number of likely N-dealkylation sites (tertiary alicyclic amines) is 1. The normalized spacial score (nSPS) is 27.9. The zero-order valence-electron chi connectivity index (χ0n) is 26.0. The number of imide groups is 1. The molecular formula is C41H32FNO5. The maximum Gasteiger partial charge on any atom is 0.234 e. The second-order valence-electron chi connectivity index (χ2n) is 13.2. The van der Waals surface area contributed by atoms with Crippen molar-refractivity contribution in [3.05, 3.63) is 155 Å². The molecule has 2 amide bonds. The highest BCUT2D eigenvalue weighted by Crippen LogP contribution is 2.64. The van der Waals surface area contributed by atoms with Gasteiger partial charge in [-0.25, -0.2) is 4.39 Å². The van der Waals surface area contributed by atoms with Crippen LogP contribution in [-0.2, 0) is 31.1 Å². The van der Waals surface area contributed by atoms with Crippen LogP contribution in [0.2, 0.25) is 0 Å². The molecule has 1 saturated carbocycles. The van der Waals surface area contributed by atoms with E-state index in [-0.39, 0.29) is 53.9 Å². The molecule has 8 rings (SSSR count). The number of nitrogens with zero attached hydrogens (tertiary/aromatic N) is 1. The predicted molar refractivity (Wildman–Crippen MR) is 177 cm³/mol. The van der Waals surface area contributed by atoms with Crippen molar-refractivity contribution >= 4 is 29.0 Å². The van der Waals surface area contributed by atoms with Crippen LogP contribution in [0.15, 0.2) is 127 Å². The van der Waals surface area contributed by atoms with Gasteiger partial charge < -0.3 is 5.11 Å². The third kappa shape index (κ3) is 4.30. The summed E-state index contributed by atoms with van der Waals surface area (Å²) >= 11 is 0. The first-order valence-electron chi connectivity index (χ1n) is 16.3. The van der Waals surface area contributed by atoms with E-state index >= 15 is 4.39 Å². The molecule has 1 saturated heterocycles. The van der Waals surface area contributed by atoms with Crippen molar-refractivity contribution in [2.24, 2.45) is 23.7 Å². The van der Waals surface area contributed by atoms with Crippen molar-refractivity contribution in [2.75, 3.05) is 0 Å². The van der Waals surface area contributed by atoms with E-state index in [1.54, 1.807) is 54.6 Å². The summed E-state index contributed by atoms with van der Waals surface area (Å²) in [5, 5.41) is 11.3. The number of amides is 2. The highest BCUT2D eigenvalue weighted by atomic mass is 19.1. The van der Waals surface area contributed by atoms with E-state index in [0.717, 1.165) is 11.6 Å². The number of ketones is 2. The second kappa shape index (κ2) is 11.4. The van der Waals surface area contributed by atoms with Crippen LogP contribution in [0.5, 0.6) is 5.75 Å². The molecular weight excluding hydrogens is 605 g/mol. The summed E-state index contributed by atoms with van der Waals surface area (Å²) in [5.74, 6) is -6.53. The highest BCUT2D eigenvalue weighted by molar-refractivity contribution is 6.31. The van der Waals surface area contributed by atoms with Gasteiger partial charge in [-0.1, -0.05) is 115 Å². The Hall–Kier alpha value is -5.43. The van der Waals surface area contributed by atoms with Gasteiger partial charge in [0, 0.05) is 23.0 Å². The monoisotopic (exact) mass is 637 g/mol. The van der Waals surface area contributed by atoms with E-state index < -0.39 is 46.6 Å². The number of fused-ring (bicyclic) bond motifs is 4. The molecule has 7 heteroatoms. The second-order valence-corrected chi connectivity index (χ2v) is 13.2. The summed E-state index contributed by atoms with van der Waals surface area (Å²) in [5.41, 5.74) is 1.60. The SMILES string of the molecule is O=C1C(c2ccccc2)=CC(=O)C2(c3ccccc3)C1CC1C(=CCC3C(=O)N(Cc4ccccc4)C(=O)C31)C2c1cccc(F)c1O. The van der Waals surface area contributed by atoms with E-state index in [9.17, 15) is 24.3 Å². The lowest BCUT2D eigenvalue weighted by atomic mass is 9.44. The highest BCUT2D eigenvalue weighted by Gasteiger charge is 2.66. The minimum atomic E-state index is -1.54. The molecule has 2 fully saturated rings. The van der Waals surface area contributed by atoms with Gasteiger partial charge >= 0.3 is 0 Å². The topological polar surface area (TPSA) is 91.8 Å². The van der Waals surface area contributed by atoms with Gasteiger partial charge in [0.15, 0.2) is 23.1 Å². The zero-order chi connectivity index (χ0) is 33.2. The molecule has 6 unspecified atom stereocenters. The Balaban J connectivity index is 1.35. The number of benzene rings is 4. The first-order chi connectivity index (χ1) is 23.3. The van der Waals surface area contributed by atoms with E-state index in [0.29, 0.717) is 16.7 Å². The van der Waals surface area contributed by atoms with Crippen molar-refractivity contribution in [3.8, 4) is 5.75 Å². The van der Waals surface area contributed by atoms with E-state index in [4.69, 9.17) is 0 Å². The van der Waals surface area contributed by atoms with Gasteiger partial charge in [0.05, 0.1) is 23.8 Å². The van der Waals surface area contributed by atoms with Crippen LogP contribution in [0.1, 0.15) is 41.0 Å². The predicted octanol–water partition coefficient (Wildman–Crippen LogP) is 6.56. The first kappa shape index (κ1) is 29.9. The van der Waals surface area contributed by atoms with Crippen LogP contribution in [0, 0.1) is 29.5 Å². The standard InChI is InChI=1S/C41H32FNO5/c42-33-18-10-17-29(38(33)46)36-27-19-20-28-35(40(48)43(39(28)47)23-24-11-4-1-5-12-24)31(27)21-32-37(45)30(25-13-6-2-7-14-25)22-34(44)41(32,36)26-15-8-3-9-16-26/h1-19,22,28,31-32,35-36,46H,20-21,23H2. The zero-order valence-corrected chi connectivity index (χ0v) is 26.0. The number of carbonyl (C=O) groups is 4. The number of halogens is 1. The van der Waals surface area contributed by atoms with E-state index in [1.165, 1.54) is 17.0 Å². The molecule has 1 aliphatic heterocycles. The molecule has 48 heavy (non-hydrogen) atoms. The molecule has 4 aromatic rings. The maximum atomic E-state index is 15.2. The van der Waals surface area contributed by atoms with Crippen LogP contribution in [-0.4, -0.2) is 33.4 Å². The summed E-state index contributed by atoms with van der Waals surface area (Å²) in [4.78, 5) is 59.4. The van der Waals surface area contributed by atoms with Crippen LogP contribution >= 0.6 is 0 Å². The van der Waals surface area contributed by atoms with Crippen molar-refractivity contribution in [1.29, 1.82) is 0 Å². The smallest absolute Gasteiger partial charge is 0.234 e. The fourth-order valence-electron chi connectivity index (χ4n) is 8.97. The Morgan fingerprint density at radius 1 is 0.771 bits per heavy atom.